The third-order valence-corrected chi connectivity index (χ3v) is 5.37. The van der Waals surface area contributed by atoms with Crippen LogP contribution in [0.2, 0.25) is 0 Å². The second kappa shape index (κ2) is 15.8. The molecule has 216 valence electrons. The zero-order valence-corrected chi connectivity index (χ0v) is 22.2. The average molecular weight is 558 g/mol. The number of carboxylic acids is 1. The lowest BCUT2D eigenvalue weighted by Gasteiger charge is -2.23. The van der Waals surface area contributed by atoms with Crippen LogP contribution < -0.4 is 14.2 Å². The fourth-order valence-electron chi connectivity index (χ4n) is 3.49. The number of aryl methyl sites for hydroxylation is 1. The number of hydrogen-bond acceptors (Lipinski definition) is 7. The lowest BCUT2D eigenvalue weighted by Crippen LogP contribution is -2.38. The fourth-order valence-corrected chi connectivity index (χ4v) is 3.49. The maximum Gasteiger partial charge on any atom is 0.415 e. The van der Waals surface area contributed by atoms with Crippen LogP contribution in [0.4, 0.5) is 18.0 Å². The van der Waals surface area contributed by atoms with Crippen LogP contribution in [0.15, 0.2) is 42.5 Å². The van der Waals surface area contributed by atoms with E-state index in [0.29, 0.717) is 11.5 Å². The van der Waals surface area contributed by atoms with Crippen molar-refractivity contribution in [1.29, 1.82) is 0 Å². The van der Waals surface area contributed by atoms with Gasteiger partial charge in [0.25, 0.3) is 0 Å². The number of alkyl halides is 3. The molecule has 0 aliphatic rings. The number of methoxy groups -OCH3 is 1. The van der Waals surface area contributed by atoms with E-state index in [-0.39, 0.29) is 51.5 Å². The van der Waals surface area contributed by atoms with Crippen LogP contribution in [0.25, 0.3) is 0 Å². The van der Waals surface area contributed by atoms with E-state index in [2.05, 4.69) is 4.74 Å². The first kappa shape index (κ1) is 31.7. The second-order valence-corrected chi connectivity index (χ2v) is 8.51. The summed E-state index contributed by atoms with van der Waals surface area (Å²) in [6.07, 6.45) is -5.75. The Balaban J connectivity index is 1.98. The highest BCUT2D eigenvalue weighted by molar-refractivity contribution is 5.73. The third kappa shape index (κ3) is 11.8. The van der Waals surface area contributed by atoms with Crippen LogP contribution in [0.1, 0.15) is 24.5 Å². The number of halogens is 3. The largest absolute Gasteiger partial charge is 0.493 e. The van der Waals surface area contributed by atoms with Gasteiger partial charge in [-0.1, -0.05) is 18.2 Å². The molecule has 2 rings (SSSR count). The molecule has 1 N–H and O–H groups in total. The van der Waals surface area contributed by atoms with Gasteiger partial charge >= 0.3 is 18.2 Å². The van der Waals surface area contributed by atoms with Gasteiger partial charge in [-0.2, -0.15) is 13.2 Å². The highest BCUT2D eigenvalue weighted by Crippen LogP contribution is 2.28. The molecule has 12 heteroatoms. The summed E-state index contributed by atoms with van der Waals surface area (Å²) in [6.45, 7) is 2.48. The number of benzene rings is 2. The van der Waals surface area contributed by atoms with Crippen molar-refractivity contribution in [3.8, 4) is 17.2 Å². The number of carbonyl (C=O) groups is 2. The van der Waals surface area contributed by atoms with Gasteiger partial charge in [0.1, 0.15) is 19.0 Å². The maximum absolute atomic E-state index is 12.9. The minimum Gasteiger partial charge on any atom is -0.493 e. The minimum absolute atomic E-state index is 0.0690. The Morgan fingerprint density at radius 1 is 1.03 bits per heavy atom. The first-order valence-electron chi connectivity index (χ1n) is 12.3. The molecule has 0 saturated carbocycles. The number of carboxylic acid groups (broad SMARTS) is 1. The lowest BCUT2D eigenvalue weighted by atomic mass is 10.1. The van der Waals surface area contributed by atoms with Gasteiger partial charge in [0.15, 0.2) is 17.6 Å². The molecule has 0 aromatic heterocycles. The van der Waals surface area contributed by atoms with Gasteiger partial charge < -0.3 is 33.7 Å². The van der Waals surface area contributed by atoms with E-state index >= 15 is 0 Å². The monoisotopic (exact) mass is 557 g/mol. The first-order chi connectivity index (χ1) is 18.5. The highest BCUT2D eigenvalue weighted by atomic mass is 19.4. The van der Waals surface area contributed by atoms with Crippen molar-refractivity contribution >= 4 is 12.1 Å². The third-order valence-electron chi connectivity index (χ3n) is 5.37. The molecular weight excluding hydrogens is 523 g/mol. The van der Waals surface area contributed by atoms with Crippen molar-refractivity contribution in [2.75, 3.05) is 46.6 Å². The molecule has 0 saturated heterocycles. The lowest BCUT2D eigenvalue weighted by molar-refractivity contribution is -0.174. The van der Waals surface area contributed by atoms with E-state index in [9.17, 15) is 27.9 Å². The zero-order chi connectivity index (χ0) is 28.8. The summed E-state index contributed by atoms with van der Waals surface area (Å²) < 4.78 is 63.3. The van der Waals surface area contributed by atoms with E-state index in [1.165, 1.54) is 12.0 Å². The highest BCUT2D eigenvalue weighted by Gasteiger charge is 2.27. The van der Waals surface area contributed by atoms with Crippen molar-refractivity contribution in [3.05, 3.63) is 53.6 Å². The number of aliphatic carboxylic acids is 1. The molecular formula is C27H34F3NO8. The molecule has 2 aromatic rings. The number of ether oxygens (including phenoxy) is 5. The number of carbonyl (C=O) groups excluding carboxylic acids is 1. The Labute approximate surface area is 225 Å². The summed E-state index contributed by atoms with van der Waals surface area (Å²) in [6, 6.07) is 11.9. The van der Waals surface area contributed by atoms with E-state index in [4.69, 9.17) is 18.9 Å². The molecule has 0 aliphatic heterocycles. The van der Waals surface area contributed by atoms with Crippen LogP contribution in [0.3, 0.4) is 0 Å². The molecule has 0 radical (unpaired) electrons. The predicted octanol–water partition coefficient (Wildman–Crippen LogP) is 4.88. The molecule has 0 heterocycles. The number of nitrogens with zero attached hydrogens (tertiary/aromatic N) is 1. The molecule has 1 atom stereocenters. The second-order valence-electron chi connectivity index (χ2n) is 8.51. The molecule has 0 aliphatic carbocycles. The summed E-state index contributed by atoms with van der Waals surface area (Å²) in [5.74, 6) is 0.0118. The predicted molar refractivity (Wildman–Crippen MR) is 136 cm³/mol. The Kier molecular flexibility index (Phi) is 12.8. The van der Waals surface area contributed by atoms with Crippen LogP contribution in [-0.4, -0.2) is 81.0 Å². The smallest absolute Gasteiger partial charge is 0.415 e. The Morgan fingerprint density at radius 3 is 2.36 bits per heavy atom. The van der Waals surface area contributed by atoms with Crippen molar-refractivity contribution < 1.29 is 51.6 Å². The fraction of sp³-hybridized carbons (Fsp3) is 0.481. The van der Waals surface area contributed by atoms with Gasteiger partial charge in [-0.15, -0.1) is 0 Å². The Bertz CT molecular complexity index is 1050. The SMILES string of the molecule is CCOC(Cc1ccc(OCCN(CCCOCC(F)(F)F)C(=O)Oc2cc(C)ccc2OC)cc1)C(=O)O. The first-order valence-corrected chi connectivity index (χ1v) is 12.3. The number of amides is 1. The van der Waals surface area contributed by atoms with Crippen LogP contribution >= 0.6 is 0 Å². The van der Waals surface area contributed by atoms with E-state index in [0.717, 1.165) is 11.1 Å². The van der Waals surface area contributed by atoms with Gasteiger partial charge in [0, 0.05) is 26.2 Å². The van der Waals surface area contributed by atoms with Crippen LogP contribution in [0, 0.1) is 6.92 Å². The number of hydrogen-bond donors (Lipinski definition) is 1. The summed E-state index contributed by atoms with van der Waals surface area (Å²) >= 11 is 0. The van der Waals surface area contributed by atoms with E-state index in [1.807, 2.05) is 6.92 Å². The average Bonchev–Trinajstić information content (AvgIpc) is 2.87. The standard InChI is InChI=1S/C27H34F3NO8/c1-4-37-24(25(32)33)17-20-7-9-21(10-8-20)38-15-13-31(12-5-14-36-18-27(28,29)30)26(34)39-23-16-19(2)6-11-22(23)35-3/h6-11,16,24H,4-5,12-15,17-18H2,1-3H3,(H,32,33). The quantitative estimate of drug-likeness (QED) is 0.291. The Morgan fingerprint density at radius 2 is 1.74 bits per heavy atom. The molecule has 2 aromatic carbocycles. The van der Waals surface area contributed by atoms with E-state index in [1.54, 1.807) is 49.4 Å². The Hall–Kier alpha value is -3.51. The van der Waals surface area contributed by atoms with Gasteiger partial charge in [-0.05, 0) is 55.7 Å². The molecule has 1 amide bonds. The zero-order valence-electron chi connectivity index (χ0n) is 22.2. The summed E-state index contributed by atoms with van der Waals surface area (Å²) in [5.41, 5.74) is 1.59. The number of rotatable bonds is 16. The maximum atomic E-state index is 12.9. The summed E-state index contributed by atoms with van der Waals surface area (Å²) in [5, 5.41) is 9.24. The van der Waals surface area contributed by atoms with Crippen molar-refractivity contribution in [2.45, 2.75) is 39.0 Å². The van der Waals surface area contributed by atoms with E-state index < -0.39 is 30.9 Å². The normalized spacial score (nSPS) is 12.1. The van der Waals surface area contributed by atoms with Gasteiger partial charge in [-0.25, -0.2) is 9.59 Å². The molecule has 39 heavy (non-hydrogen) atoms. The molecule has 0 fully saturated rings. The van der Waals surface area contributed by atoms with Gasteiger partial charge in [0.2, 0.25) is 0 Å². The summed E-state index contributed by atoms with van der Waals surface area (Å²) in [4.78, 5) is 25.5. The molecule has 0 spiro atoms. The van der Waals surface area contributed by atoms with Crippen LogP contribution in [-0.2, 0) is 20.7 Å². The molecule has 1 unspecified atom stereocenters. The van der Waals surface area contributed by atoms with Gasteiger partial charge in [0.05, 0.1) is 13.7 Å². The van der Waals surface area contributed by atoms with Gasteiger partial charge in [-0.3, -0.25) is 0 Å². The van der Waals surface area contributed by atoms with Crippen LogP contribution in [0.5, 0.6) is 17.2 Å². The molecule has 9 nitrogen and oxygen atoms in total. The molecule has 0 bridgehead atoms. The summed E-state index contributed by atoms with van der Waals surface area (Å²) in [7, 11) is 1.44. The van der Waals surface area contributed by atoms with Crippen molar-refractivity contribution in [1.82, 2.24) is 4.90 Å². The topological polar surface area (TPSA) is 104 Å². The minimum atomic E-state index is -4.43. The van der Waals surface area contributed by atoms with Crippen molar-refractivity contribution in [3.63, 3.8) is 0 Å². The van der Waals surface area contributed by atoms with Crippen molar-refractivity contribution in [2.24, 2.45) is 0 Å².